The van der Waals surface area contributed by atoms with Crippen LogP contribution in [0.25, 0.3) is 5.57 Å². The van der Waals surface area contributed by atoms with E-state index in [4.69, 9.17) is 5.11 Å². The highest BCUT2D eigenvalue weighted by Crippen LogP contribution is 2.38. The zero-order valence-electron chi connectivity index (χ0n) is 14.1. The van der Waals surface area contributed by atoms with Gasteiger partial charge in [-0.05, 0) is 28.8 Å². The van der Waals surface area contributed by atoms with E-state index in [1.54, 1.807) is 12.1 Å². The third-order valence-corrected chi connectivity index (χ3v) is 4.78. The van der Waals surface area contributed by atoms with E-state index in [1.165, 1.54) is 0 Å². The van der Waals surface area contributed by atoms with E-state index >= 15 is 0 Å². The number of carboxylic acid groups (broad SMARTS) is 1. The number of nitrogens with zero attached hydrogens (tertiary/aromatic N) is 1. The number of fused-ring (bicyclic) bond motifs is 1. The maximum Gasteiger partial charge on any atom is 0.307 e. The molecule has 6 heteroatoms. The number of carbonyl (C=O) groups is 2. The van der Waals surface area contributed by atoms with E-state index in [-0.39, 0.29) is 24.4 Å². The molecule has 2 aliphatic heterocycles. The molecule has 26 heavy (non-hydrogen) atoms. The first-order valence-electron chi connectivity index (χ1n) is 8.51. The van der Waals surface area contributed by atoms with Crippen molar-refractivity contribution in [3.8, 4) is 0 Å². The number of nitrogens with one attached hydrogen (secondary N) is 2. The van der Waals surface area contributed by atoms with Crippen LogP contribution in [0.15, 0.2) is 60.8 Å². The summed E-state index contributed by atoms with van der Waals surface area (Å²) in [5, 5.41) is 15.1. The monoisotopic (exact) mass is 349 g/mol. The van der Waals surface area contributed by atoms with Crippen LogP contribution >= 0.6 is 0 Å². The molecule has 2 unspecified atom stereocenters. The van der Waals surface area contributed by atoms with Gasteiger partial charge in [-0.3, -0.25) is 14.9 Å². The molecule has 0 spiro atoms. The summed E-state index contributed by atoms with van der Waals surface area (Å²) in [7, 11) is 0. The van der Waals surface area contributed by atoms with Gasteiger partial charge in [0.05, 0.1) is 19.0 Å². The fourth-order valence-electron chi connectivity index (χ4n) is 3.57. The summed E-state index contributed by atoms with van der Waals surface area (Å²) >= 11 is 0. The second-order valence-electron chi connectivity index (χ2n) is 6.44. The van der Waals surface area contributed by atoms with E-state index in [1.807, 2.05) is 48.7 Å². The summed E-state index contributed by atoms with van der Waals surface area (Å²) in [6.45, 7) is 0.433. The fourth-order valence-corrected chi connectivity index (χ4v) is 3.57. The molecule has 1 amide bonds. The number of rotatable bonds is 4. The maximum absolute atomic E-state index is 12.6. The van der Waals surface area contributed by atoms with Crippen molar-refractivity contribution in [2.45, 2.75) is 12.6 Å². The van der Waals surface area contributed by atoms with Crippen molar-refractivity contribution in [2.75, 3.05) is 11.6 Å². The van der Waals surface area contributed by atoms with Gasteiger partial charge in [-0.1, -0.05) is 42.5 Å². The summed E-state index contributed by atoms with van der Waals surface area (Å²) in [6, 6.07) is 17.3. The molecule has 0 saturated carbocycles. The minimum absolute atomic E-state index is 0.00644. The largest absolute Gasteiger partial charge is 0.481 e. The Labute approximate surface area is 151 Å². The van der Waals surface area contributed by atoms with Gasteiger partial charge >= 0.3 is 5.97 Å². The molecule has 2 atom stereocenters. The molecular formula is C20H19N3O3. The van der Waals surface area contributed by atoms with Crippen molar-refractivity contribution < 1.29 is 14.7 Å². The molecule has 0 radical (unpaired) electrons. The molecule has 0 aliphatic carbocycles. The lowest BCUT2D eigenvalue weighted by atomic mass is 9.91. The second kappa shape index (κ2) is 6.65. The first kappa shape index (κ1) is 16.4. The minimum atomic E-state index is -0.857. The normalized spacial score (nSPS) is 21.8. The second-order valence-corrected chi connectivity index (χ2v) is 6.44. The SMILES string of the molecule is O=C(O)Cc1ccc(C2=CN(c3ccccc3)C3NCNC(=O)C23)cc1. The van der Waals surface area contributed by atoms with Crippen molar-refractivity contribution in [3.63, 3.8) is 0 Å². The Bertz CT molecular complexity index is 862. The van der Waals surface area contributed by atoms with Crippen LogP contribution in [-0.2, 0) is 16.0 Å². The number of amides is 1. The van der Waals surface area contributed by atoms with Gasteiger partial charge in [0.15, 0.2) is 0 Å². The summed E-state index contributed by atoms with van der Waals surface area (Å²) < 4.78 is 0. The standard InChI is InChI=1S/C20H19N3O3/c24-17(25)10-13-6-8-14(9-7-13)16-11-23(15-4-2-1-3-5-15)19-18(16)20(26)22-12-21-19/h1-9,11,18-19,21H,10,12H2,(H,22,26)(H,24,25). The van der Waals surface area contributed by atoms with Crippen molar-refractivity contribution in [1.82, 2.24) is 10.6 Å². The third-order valence-electron chi connectivity index (χ3n) is 4.78. The van der Waals surface area contributed by atoms with Gasteiger partial charge in [-0.15, -0.1) is 0 Å². The lowest BCUT2D eigenvalue weighted by Crippen LogP contribution is -2.58. The van der Waals surface area contributed by atoms with E-state index in [0.29, 0.717) is 6.67 Å². The Balaban J connectivity index is 1.70. The van der Waals surface area contributed by atoms with Crippen molar-refractivity contribution in [1.29, 1.82) is 0 Å². The third kappa shape index (κ3) is 2.95. The van der Waals surface area contributed by atoms with Gasteiger partial charge in [-0.2, -0.15) is 0 Å². The highest BCUT2D eigenvalue weighted by Gasteiger charge is 2.43. The smallest absolute Gasteiger partial charge is 0.307 e. The number of hydrogen-bond acceptors (Lipinski definition) is 4. The van der Waals surface area contributed by atoms with Gasteiger partial charge in [0, 0.05) is 11.9 Å². The van der Waals surface area contributed by atoms with Crippen molar-refractivity contribution >= 4 is 23.1 Å². The van der Waals surface area contributed by atoms with Gasteiger partial charge in [0.1, 0.15) is 6.17 Å². The Morgan fingerprint density at radius 1 is 1.12 bits per heavy atom. The van der Waals surface area contributed by atoms with Gasteiger partial charge < -0.3 is 15.3 Å². The molecule has 2 heterocycles. The molecule has 2 aliphatic rings. The summed E-state index contributed by atoms with van der Waals surface area (Å²) in [5.74, 6) is -1.19. The molecule has 2 aromatic rings. The van der Waals surface area contributed by atoms with Crippen molar-refractivity contribution in [2.24, 2.45) is 5.92 Å². The zero-order chi connectivity index (χ0) is 18.1. The summed E-state index contributed by atoms with van der Waals surface area (Å²) in [6.07, 6.45) is 1.86. The minimum Gasteiger partial charge on any atom is -0.481 e. The van der Waals surface area contributed by atoms with Gasteiger partial charge in [-0.25, -0.2) is 0 Å². The maximum atomic E-state index is 12.6. The molecule has 2 aromatic carbocycles. The summed E-state index contributed by atoms with van der Waals surface area (Å²) in [5.41, 5.74) is 3.60. The molecule has 0 bridgehead atoms. The number of hydrogen-bond donors (Lipinski definition) is 3. The highest BCUT2D eigenvalue weighted by atomic mass is 16.4. The van der Waals surface area contributed by atoms with Crippen LogP contribution in [0.3, 0.4) is 0 Å². The molecule has 132 valence electrons. The average Bonchev–Trinajstić information content (AvgIpc) is 3.04. The summed E-state index contributed by atoms with van der Waals surface area (Å²) in [4.78, 5) is 25.5. The molecule has 6 nitrogen and oxygen atoms in total. The van der Waals surface area contributed by atoms with Crippen LogP contribution in [0.4, 0.5) is 5.69 Å². The van der Waals surface area contributed by atoms with Crippen LogP contribution in [0.5, 0.6) is 0 Å². The molecule has 3 N–H and O–H groups in total. The topological polar surface area (TPSA) is 81.7 Å². The number of para-hydroxylation sites is 1. The van der Waals surface area contributed by atoms with E-state index < -0.39 is 5.97 Å². The van der Waals surface area contributed by atoms with E-state index in [9.17, 15) is 9.59 Å². The molecular weight excluding hydrogens is 330 g/mol. The predicted octanol–water partition coefficient (Wildman–Crippen LogP) is 1.79. The average molecular weight is 349 g/mol. The van der Waals surface area contributed by atoms with Crippen LogP contribution in [-0.4, -0.2) is 29.8 Å². The number of anilines is 1. The Hall–Kier alpha value is -3.12. The van der Waals surface area contributed by atoms with E-state index in [2.05, 4.69) is 15.5 Å². The Kier molecular flexibility index (Phi) is 4.18. The molecule has 0 aromatic heterocycles. The Morgan fingerprint density at radius 3 is 2.54 bits per heavy atom. The van der Waals surface area contributed by atoms with E-state index in [0.717, 1.165) is 22.4 Å². The van der Waals surface area contributed by atoms with Gasteiger partial charge in [0.25, 0.3) is 0 Å². The quantitative estimate of drug-likeness (QED) is 0.784. The van der Waals surface area contributed by atoms with Crippen LogP contribution < -0.4 is 15.5 Å². The lowest BCUT2D eigenvalue weighted by Gasteiger charge is -2.34. The highest BCUT2D eigenvalue weighted by molar-refractivity contribution is 5.96. The molecule has 1 fully saturated rings. The molecule has 4 rings (SSSR count). The first-order valence-corrected chi connectivity index (χ1v) is 8.51. The van der Waals surface area contributed by atoms with Crippen LogP contribution in [0, 0.1) is 5.92 Å². The number of aliphatic carboxylic acids is 1. The number of carboxylic acids is 1. The zero-order valence-corrected chi connectivity index (χ0v) is 14.1. The predicted molar refractivity (Wildman–Crippen MR) is 98.1 cm³/mol. The Morgan fingerprint density at radius 2 is 1.85 bits per heavy atom. The lowest BCUT2D eigenvalue weighted by molar-refractivity contribution is -0.136. The van der Waals surface area contributed by atoms with Crippen LogP contribution in [0.2, 0.25) is 0 Å². The van der Waals surface area contributed by atoms with Crippen LogP contribution in [0.1, 0.15) is 11.1 Å². The number of benzene rings is 2. The number of carbonyl (C=O) groups excluding carboxylic acids is 1. The van der Waals surface area contributed by atoms with Crippen molar-refractivity contribution in [3.05, 3.63) is 71.9 Å². The molecule has 1 saturated heterocycles. The first-order chi connectivity index (χ1) is 12.6. The van der Waals surface area contributed by atoms with Gasteiger partial charge in [0.2, 0.25) is 5.91 Å². The fraction of sp³-hybridized carbons (Fsp3) is 0.200.